The van der Waals surface area contributed by atoms with Crippen LogP contribution in [0.25, 0.3) is 0 Å². The molecule has 0 unspecified atom stereocenters. The molecule has 5 heteroatoms. The van der Waals surface area contributed by atoms with Crippen molar-refractivity contribution in [3.05, 3.63) is 98.5 Å². The summed E-state index contributed by atoms with van der Waals surface area (Å²) in [5.41, 5.74) is 7.36. The summed E-state index contributed by atoms with van der Waals surface area (Å²) in [4.78, 5) is 33.3. The number of carbonyl (C=O) groups is 1. The molecule has 1 heterocycles. The number of amides is 1. The van der Waals surface area contributed by atoms with Gasteiger partial charge in [-0.1, -0.05) is 44.2 Å². The maximum atomic E-state index is 12.5. The molecule has 150 valence electrons. The summed E-state index contributed by atoms with van der Waals surface area (Å²) >= 11 is 0. The monoisotopic (exact) mass is 390 g/mol. The van der Waals surface area contributed by atoms with E-state index in [1.807, 2.05) is 44.2 Å². The van der Waals surface area contributed by atoms with Gasteiger partial charge in [0.15, 0.2) is 5.75 Å². The van der Waals surface area contributed by atoms with E-state index in [0.29, 0.717) is 29.2 Å². The van der Waals surface area contributed by atoms with E-state index in [1.165, 1.54) is 0 Å². The van der Waals surface area contributed by atoms with Crippen LogP contribution < -0.4 is 15.9 Å². The molecule has 0 aliphatic rings. The van der Waals surface area contributed by atoms with Crippen molar-refractivity contribution in [1.82, 2.24) is 10.5 Å². The normalized spacial score (nSPS) is 10.8. The van der Waals surface area contributed by atoms with Crippen LogP contribution in [0.15, 0.2) is 59.4 Å². The lowest BCUT2D eigenvalue weighted by atomic mass is 9.95. The Labute approximate surface area is 170 Å². The molecule has 1 amide bonds. The molecule has 0 spiro atoms. The number of aromatic amines is 1. The molecule has 5 nitrogen and oxygen atoms in total. The van der Waals surface area contributed by atoms with Gasteiger partial charge >= 0.3 is 0 Å². The largest absolute Gasteiger partial charge is 0.379 e. The predicted molar refractivity (Wildman–Crippen MR) is 114 cm³/mol. The summed E-state index contributed by atoms with van der Waals surface area (Å²) < 4.78 is 0. The van der Waals surface area contributed by atoms with Gasteiger partial charge < -0.3 is 9.82 Å². The summed E-state index contributed by atoms with van der Waals surface area (Å²) in [6.45, 7) is 8.02. The lowest BCUT2D eigenvalue weighted by Crippen LogP contribution is -2.27. The Bertz CT molecular complexity index is 1070. The molecule has 1 aromatic heterocycles. The molecule has 0 bridgehead atoms. The first-order chi connectivity index (χ1) is 13.8. The number of benzene rings is 2. The number of rotatable bonds is 6. The molecule has 3 rings (SSSR count). The molecule has 0 atom stereocenters. The first kappa shape index (κ1) is 20.4. The van der Waals surface area contributed by atoms with Gasteiger partial charge in [0.2, 0.25) is 0 Å². The number of carbonyl (C=O) groups excluding carboxylic acids is 1. The van der Waals surface area contributed by atoms with Crippen molar-refractivity contribution in [3.8, 4) is 5.75 Å². The number of aromatic nitrogens is 1. The molecule has 0 radical (unpaired) electrons. The topological polar surface area (TPSA) is 71.2 Å². The molecule has 3 aromatic rings. The zero-order valence-corrected chi connectivity index (χ0v) is 17.2. The van der Waals surface area contributed by atoms with Gasteiger partial charge in [0.05, 0.1) is 0 Å². The highest BCUT2D eigenvalue weighted by atomic mass is 16.7. The van der Waals surface area contributed by atoms with Crippen molar-refractivity contribution in [2.75, 3.05) is 0 Å². The molecule has 2 aromatic carbocycles. The standard InChI is InChI=1S/C24H26N2O3/c1-15(2)19-10-11-22(29-26-23(27)18-8-6-5-7-9-18)20(13-19)14-21-16(3)12-17(4)25-24(21)28/h5-13,15H,14H2,1-4H3,(H,25,28)(H,26,27). The highest BCUT2D eigenvalue weighted by Crippen LogP contribution is 2.26. The third kappa shape index (κ3) is 4.93. The molecule has 0 aliphatic heterocycles. The number of pyridine rings is 1. The minimum absolute atomic E-state index is 0.100. The lowest BCUT2D eigenvalue weighted by Gasteiger charge is -2.15. The average Bonchev–Trinajstić information content (AvgIpc) is 2.69. The van der Waals surface area contributed by atoms with Gasteiger partial charge in [-0.3, -0.25) is 9.59 Å². The molecular formula is C24H26N2O3. The zero-order valence-electron chi connectivity index (χ0n) is 17.2. The minimum Gasteiger partial charge on any atom is -0.379 e. The Morgan fingerprint density at radius 3 is 2.45 bits per heavy atom. The summed E-state index contributed by atoms with van der Waals surface area (Å²) in [5.74, 6) is 0.533. The van der Waals surface area contributed by atoms with Gasteiger partial charge in [-0.25, -0.2) is 0 Å². The fraction of sp³-hybridized carbons (Fsp3) is 0.250. The SMILES string of the molecule is Cc1cc(C)c(Cc2cc(C(C)C)ccc2ONC(=O)c2ccccc2)c(=O)[nH]1. The van der Waals surface area contributed by atoms with E-state index in [2.05, 4.69) is 24.3 Å². The van der Waals surface area contributed by atoms with E-state index in [9.17, 15) is 9.59 Å². The van der Waals surface area contributed by atoms with E-state index in [-0.39, 0.29) is 11.5 Å². The Morgan fingerprint density at radius 2 is 1.79 bits per heavy atom. The van der Waals surface area contributed by atoms with Gasteiger partial charge in [-0.05, 0) is 55.2 Å². The Balaban J connectivity index is 1.90. The average molecular weight is 390 g/mol. The van der Waals surface area contributed by atoms with Crippen LogP contribution in [-0.4, -0.2) is 10.9 Å². The highest BCUT2D eigenvalue weighted by Gasteiger charge is 2.14. The van der Waals surface area contributed by atoms with Gasteiger partial charge in [-0.15, -0.1) is 0 Å². The number of aryl methyl sites for hydroxylation is 2. The van der Waals surface area contributed by atoms with E-state index in [0.717, 1.165) is 22.4 Å². The molecule has 29 heavy (non-hydrogen) atoms. The van der Waals surface area contributed by atoms with E-state index < -0.39 is 0 Å². The number of hydrogen-bond acceptors (Lipinski definition) is 3. The second-order valence-corrected chi connectivity index (χ2v) is 7.54. The number of hydroxylamine groups is 1. The van der Waals surface area contributed by atoms with Gasteiger partial charge in [0, 0.05) is 28.8 Å². The van der Waals surface area contributed by atoms with Crippen LogP contribution in [0, 0.1) is 13.8 Å². The second kappa shape index (κ2) is 8.78. The van der Waals surface area contributed by atoms with Gasteiger partial charge in [0.25, 0.3) is 11.5 Å². The third-order valence-electron chi connectivity index (χ3n) is 4.90. The molecule has 0 fully saturated rings. The van der Waals surface area contributed by atoms with Crippen LogP contribution in [0.5, 0.6) is 5.75 Å². The fourth-order valence-electron chi connectivity index (χ4n) is 3.24. The molecule has 0 aliphatic carbocycles. The van der Waals surface area contributed by atoms with Crippen LogP contribution in [0.1, 0.15) is 58.1 Å². The minimum atomic E-state index is -0.325. The quantitative estimate of drug-likeness (QED) is 0.612. The van der Waals surface area contributed by atoms with Crippen molar-refractivity contribution < 1.29 is 9.63 Å². The zero-order chi connectivity index (χ0) is 21.0. The maximum Gasteiger partial charge on any atom is 0.283 e. The van der Waals surface area contributed by atoms with Gasteiger partial charge in [-0.2, -0.15) is 5.48 Å². The Kier molecular flexibility index (Phi) is 6.17. The summed E-state index contributed by atoms with van der Waals surface area (Å²) in [7, 11) is 0. The van der Waals surface area contributed by atoms with Crippen molar-refractivity contribution in [2.45, 2.75) is 40.0 Å². The maximum absolute atomic E-state index is 12.5. The van der Waals surface area contributed by atoms with Crippen molar-refractivity contribution >= 4 is 5.91 Å². The number of H-pyrrole nitrogens is 1. The molecule has 0 saturated carbocycles. The van der Waals surface area contributed by atoms with Crippen molar-refractivity contribution in [2.24, 2.45) is 0 Å². The fourth-order valence-corrected chi connectivity index (χ4v) is 3.24. The van der Waals surface area contributed by atoms with Crippen LogP contribution in [-0.2, 0) is 6.42 Å². The second-order valence-electron chi connectivity index (χ2n) is 7.54. The molecule has 0 saturated heterocycles. The van der Waals surface area contributed by atoms with Crippen LogP contribution in [0.3, 0.4) is 0 Å². The van der Waals surface area contributed by atoms with Gasteiger partial charge in [0.1, 0.15) is 0 Å². The summed E-state index contributed by atoms with van der Waals surface area (Å²) in [5, 5.41) is 0. The van der Waals surface area contributed by atoms with E-state index >= 15 is 0 Å². The van der Waals surface area contributed by atoms with Crippen molar-refractivity contribution in [3.63, 3.8) is 0 Å². The Hall–Kier alpha value is -3.34. The predicted octanol–water partition coefficient (Wildman–Crippen LogP) is 4.43. The summed E-state index contributed by atoms with van der Waals surface area (Å²) in [6, 6.07) is 16.7. The first-order valence-electron chi connectivity index (χ1n) is 9.69. The molecule has 2 N–H and O–H groups in total. The highest BCUT2D eigenvalue weighted by molar-refractivity contribution is 5.93. The third-order valence-corrected chi connectivity index (χ3v) is 4.90. The van der Waals surface area contributed by atoms with Crippen molar-refractivity contribution in [1.29, 1.82) is 0 Å². The van der Waals surface area contributed by atoms with Crippen LogP contribution in [0.2, 0.25) is 0 Å². The number of hydrogen-bond donors (Lipinski definition) is 2. The summed E-state index contributed by atoms with van der Waals surface area (Å²) in [6.07, 6.45) is 0.415. The van der Waals surface area contributed by atoms with Crippen LogP contribution in [0.4, 0.5) is 0 Å². The Morgan fingerprint density at radius 1 is 1.07 bits per heavy atom. The van der Waals surface area contributed by atoms with E-state index in [4.69, 9.17) is 4.84 Å². The number of nitrogens with one attached hydrogen (secondary N) is 2. The van der Waals surface area contributed by atoms with Crippen LogP contribution >= 0.6 is 0 Å². The van der Waals surface area contributed by atoms with E-state index in [1.54, 1.807) is 24.3 Å². The smallest absolute Gasteiger partial charge is 0.283 e. The first-order valence-corrected chi connectivity index (χ1v) is 9.69. The lowest BCUT2D eigenvalue weighted by molar-refractivity contribution is 0.0758. The molecular weight excluding hydrogens is 364 g/mol.